The van der Waals surface area contributed by atoms with Gasteiger partial charge in [-0.2, -0.15) is 11.8 Å². The lowest BCUT2D eigenvalue weighted by Gasteiger charge is -2.18. The lowest BCUT2D eigenvalue weighted by molar-refractivity contribution is -0.151. The van der Waals surface area contributed by atoms with Crippen LogP contribution in [0.25, 0.3) is 0 Å². The number of hydrogen-bond acceptors (Lipinski definition) is 9. The smallest absolute Gasteiger partial charge is 0.331 e. The number of thioether (sulfide) groups is 1. The van der Waals surface area contributed by atoms with Crippen LogP contribution in [0, 0.1) is 0 Å². The van der Waals surface area contributed by atoms with E-state index in [0.717, 1.165) is 19.3 Å². The molecule has 1 amide bonds. The molecule has 0 bridgehead atoms. The molecule has 0 rings (SSSR count). The van der Waals surface area contributed by atoms with E-state index < -0.39 is 29.9 Å². The Hall–Kier alpha value is -1.81. The Morgan fingerprint density at radius 1 is 0.838 bits per heavy atom. The fraction of sp³-hybridized carbons (Fsp3) is 0.852. The first-order valence-electron chi connectivity index (χ1n) is 13.8. The fourth-order valence-corrected chi connectivity index (χ4v) is 4.42. The van der Waals surface area contributed by atoms with Gasteiger partial charge < -0.3 is 25.3 Å². The van der Waals surface area contributed by atoms with Crippen molar-refractivity contribution in [2.45, 2.75) is 116 Å². The van der Waals surface area contributed by atoms with Gasteiger partial charge in [-0.1, -0.05) is 84.0 Å². The number of ether oxygens (including phenoxy) is 3. The van der Waals surface area contributed by atoms with Gasteiger partial charge >= 0.3 is 17.9 Å². The minimum Gasteiger partial charge on any atom is -0.467 e. The Morgan fingerprint density at radius 3 is 1.89 bits per heavy atom. The maximum Gasteiger partial charge on any atom is 0.331 e. The molecule has 9 nitrogen and oxygen atoms in total. The van der Waals surface area contributed by atoms with E-state index in [9.17, 15) is 19.2 Å². The number of nitrogens with one attached hydrogen (secondary N) is 1. The van der Waals surface area contributed by atoms with Crippen LogP contribution in [-0.4, -0.2) is 67.7 Å². The summed E-state index contributed by atoms with van der Waals surface area (Å²) in [7, 11) is 1.17. The molecule has 0 saturated carbocycles. The molecular weight excluding hydrogens is 496 g/mol. The van der Waals surface area contributed by atoms with Gasteiger partial charge in [0.05, 0.1) is 13.2 Å². The molecular formula is C27H50N2O7S. The number of carbonyl (C=O) groups is 4. The third kappa shape index (κ3) is 21.9. The van der Waals surface area contributed by atoms with Crippen LogP contribution in [0.4, 0.5) is 0 Å². The number of rotatable bonds is 24. The van der Waals surface area contributed by atoms with E-state index in [1.807, 2.05) is 0 Å². The van der Waals surface area contributed by atoms with Crippen LogP contribution >= 0.6 is 11.8 Å². The number of unbranched alkanes of at least 4 members (excludes halogenated alkanes) is 12. The van der Waals surface area contributed by atoms with Crippen LogP contribution in [0.15, 0.2) is 0 Å². The minimum atomic E-state index is -1.12. The summed E-state index contributed by atoms with van der Waals surface area (Å²) in [6.45, 7) is 3.37. The molecule has 0 aliphatic heterocycles. The number of esters is 3. The van der Waals surface area contributed by atoms with Gasteiger partial charge in [0, 0.05) is 24.9 Å². The Bertz CT molecular complexity index is 634. The topological polar surface area (TPSA) is 134 Å². The largest absolute Gasteiger partial charge is 0.467 e. The van der Waals surface area contributed by atoms with Crippen molar-refractivity contribution < 1.29 is 33.4 Å². The van der Waals surface area contributed by atoms with Gasteiger partial charge in [0.15, 0.2) is 6.04 Å². The molecule has 0 saturated heterocycles. The summed E-state index contributed by atoms with van der Waals surface area (Å²) in [5, 5.41) is 2.43. The van der Waals surface area contributed by atoms with Gasteiger partial charge in [0.1, 0.15) is 13.2 Å². The lowest BCUT2D eigenvalue weighted by atomic mass is 10.0. The van der Waals surface area contributed by atoms with Crippen molar-refractivity contribution in [1.82, 2.24) is 5.32 Å². The van der Waals surface area contributed by atoms with Crippen molar-refractivity contribution in [2.24, 2.45) is 5.73 Å². The van der Waals surface area contributed by atoms with E-state index in [4.69, 9.17) is 15.2 Å². The highest BCUT2D eigenvalue weighted by Gasteiger charge is 2.25. The Kier molecular flexibility index (Phi) is 23.3. The molecule has 0 heterocycles. The zero-order valence-electron chi connectivity index (χ0n) is 23.2. The van der Waals surface area contributed by atoms with E-state index in [1.165, 1.54) is 90.0 Å². The summed E-state index contributed by atoms with van der Waals surface area (Å²) < 4.78 is 14.6. The molecule has 0 fully saturated rings. The van der Waals surface area contributed by atoms with Crippen molar-refractivity contribution in [3.05, 3.63) is 0 Å². The molecule has 216 valence electrons. The second kappa shape index (κ2) is 24.5. The van der Waals surface area contributed by atoms with E-state index >= 15 is 0 Å². The zero-order chi connectivity index (χ0) is 27.7. The van der Waals surface area contributed by atoms with Gasteiger partial charge in [-0.05, 0) is 6.42 Å². The number of carbonyl (C=O) groups excluding carboxylic acids is 4. The maximum absolute atomic E-state index is 12.2. The van der Waals surface area contributed by atoms with E-state index in [1.54, 1.807) is 0 Å². The molecule has 1 unspecified atom stereocenters. The normalized spacial score (nSPS) is 12.4. The summed E-state index contributed by atoms with van der Waals surface area (Å²) in [4.78, 5) is 46.8. The first kappa shape index (κ1) is 35.2. The highest BCUT2D eigenvalue weighted by Crippen LogP contribution is 2.13. The van der Waals surface area contributed by atoms with Crippen LogP contribution in [0.2, 0.25) is 0 Å². The Labute approximate surface area is 227 Å². The molecule has 0 aromatic carbocycles. The summed E-state index contributed by atoms with van der Waals surface area (Å²) in [6, 6.07) is -2.00. The molecule has 0 aliphatic carbocycles. The van der Waals surface area contributed by atoms with Crippen LogP contribution in [0.5, 0.6) is 0 Å². The predicted molar refractivity (Wildman–Crippen MR) is 147 cm³/mol. The zero-order valence-corrected chi connectivity index (χ0v) is 24.0. The molecule has 0 spiro atoms. The molecule has 0 aromatic rings. The number of amides is 1. The summed E-state index contributed by atoms with van der Waals surface area (Å²) >= 11 is 1.37. The molecule has 3 N–H and O–H groups in total. The highest BCUT2D eigenvalue weighted by atomic mass is 32.2. The highest BCUT2D eigenvalue weighted by molar-refractivity contribution is 7.99. The molecule has 2 atom stereocenters. The van der Waals surface area contributed by atoms with Gasteiger partial charge in [-0.25, -0.2) is 4.79 Å². The first-order valence-corrected chi connectivity index (χ1v) is 15.0. The maximum atomic E-state index is 12.2. The SMILES string of the molecule is CCCCCCCCCCCCCCCC(=O)OCCSCC(N)C(=O)N[C@@H](COC(C)=O)C(=O)OC. The van der Waals surface area contributed by atoms with Crippen LogP contribution in [-0.2, 0) is 33.4 Å². The van der Waals surface area contributed by atoms with Crippen molar-refractivity contribution in [1.29, 1.82) is 0 Å². The standard InChI is InChI=1S/C27H50N2O7S/c1-4-5-6-7-8-9-10-11-12-13-14-15-16-17-25(31)35-18-19-37-21-23(28)26(32)29-24(27(33)34-3)20-36-22(2)30/h23-24H,4-21,28H2,1-3H3,(H,29,32)/t23?,24-/m0/s1. The van der Waals surface area contributed by atoms with Crippen LogP contribution in [0.1, 0.15) is 104 Å². The van der Waals surface area contributed by atoms with Gasteiger partial charge in [-0.15, -0.1) is 0 Å². The number of methoxy groups -OCH3 is 1. The Balaban J connectivity index is 3.71. The lowest BCUT2D eigenvalue weighted by Crippen LogP contribution is -2.51. The molecule has 0 aliphatic rings. The van der Waals surface area contributed by atoms with Crippen molar-refractivity contribution in [3.63, 3.8) is 0 Å². The van der Waals surface area contributed by atoms with Crippen LogP contribution in [0.3, 0.4) is 0 Å². The predicted octanol–water partition coefficient (Wildman–Crippen LogP) is 4.29. The summed E-state index contributed by atoms with van der Waals surface area (Å²) in [5.74, 6) is -1.27. The van der Waals surface area contributed by atoms with Gasteiger partial charge in [-0.3, -0.25) is 14.4 Å². The molecule has 37 heavy (non-hydrogen) atoms. The summed E-state index contributed by atoms with van der Waals surface area (Å²) in [6.07, 6.45) is 16.8. The first-order chi connectivity index (χ1) is 17.8. The Morgan fingerprint density at radius 2 is 1.38 bits per heavy atom. The van der Waals surface area contributed by atoms with E-state index in [-0.39, 0.29) is 24.9 Å². The average molecular weight is 547 g/mol. The molecule has 0 radical (unpaired) electrons. The van der Waals surface area contributed by atoms with Gasteiger partial charge in [0.2, 0.25) is 5.91 Å². The summed E-state index contributed by atoms with van der Waals surface area (Å²) in [5.41, 5.74) is 5.87. The van der Waals surface area contributed by atoms with E-state index in [2.05, 4.69) is 17.0 Å². The van der Waals surface area contributed by atoms with E-state index in [0.29, 0.717) is 12.2 Å². The average Bonchev–Trinajstić information content (AvgIpc) is 2.88. The minimum absolute atomic E-state index is 0.197. The van der Waals surface area contributed by atoms with Crippen molar-refractivity contribution >= 4 is 35.6 Å². The number of nitrogens with two attached hydrogens (primary N) is 1. The van der Waals surface area contributed by atoms with Gasteiger partial charge in [0.25, 0.3) is 0 Å². The monoisotopic (exact) mass is 546 g/mol. The fourth-order valence-electron chi connectivity index (χ4n) is 3.65. The van der Waals surface area contributed by atoms with Crippen molar-refractivity contribution in [3.8, 4) is 0 Å². The third-order valence-corrected chi connectivity index (χ3v) is 6.91. The second-order valence-corrected chi connectivity index (χ2v) is 10.4. The molecule has 10 heteroatoms. The third-order valence-electron chi connectivity index (χ3n) is 5.86. The number of hydrogen-bond donors (Lipinski definition) is 2. The quantitative estimate of drug-likeness (QED) is 0.103. The second-order valence-electron chi connectivity index (χ2n) is 9.28. The van der Waals surface area contributed by atoms with Crippen LogP contribution < -0.4 is 11.1 Å². The van der Waals surface area contributed by atoms with Crippen molar-refractivity contribution in [2.75, 3.05) is 31.8 Å². The molecule has 0 aromatic heterocycles.